The van der Waals surface area contributed by atoms with E-state index in [0.29, 0.717) is 0 Å². The second-order valence-corrected chi connectivity index (χ2v) is 3.42. The maximum absolute atomic E-state index is 2.15. The summed E-state index contributed by atoms with van der Waals surface area (Å²) in [6, 6.07) is 2.13. The van der Waals surface area contributed by atoms with Crippen LogP contribution in [-0.4, -0.2) is 0 Å². The van der Waals surface area contributed by atoms with E-state index in [2.05, 4.69) is 16.8 Å². The third kappa shape index (κ3) is 1.02. The van der Waals surface area contributed by atoms with Gasteiger partial charge in [-0.05, 0) is 0 Å². The Kier molecular flexibility index (Phi) is 1.61. The number of hydrogen-bond donors (Lipinski definition) is 0. The van der Waals surface area contributed by atoms with Crippen molar-refractivity contribution in [1.29, 1.82) is 0 Å². The van der Waals surface area contributed by atoms with Gasteiger partial charge in [-0.25, -0.2) is 0 Å². The summed E-state index contributed by atoms with van der Waals surface area (Å²) < 4.78 is 1.42. The van der Waals surface area contributed by atoms with Gasteiger partial charge in [0.1, 0.15) is 0 Å². The van der Waals surface area contributed by atoms with Gasteiger partial charge in [0, 0.05) is 0 Å². The second-order valence-electron chi connectivity index (χ2n) is 0.942. The first kappa shape index (κ1) is 4.74. The van der Waals surface area contributed by atoms with Crippen molar-refractivity contribution >= 4 is 14.6 Å². The van der Waals surface area contributed by atoms with Gasteiger partial charge >= 0.3 is 56.2 Å². The first-order valence-electron chi connectivity index (χ1n) is 1.57. The number of hydrogen-bond acceptors (Lipinski definition) is 1. The summed E-state index contributed by atoms with van der Waals surface area (Å²) in [4.78, 5) is 0. The van der Waals surface area contributed by atoms with Gasteiger partial charge in [-0.1, -0.05) is 0 Å². The molecule has 0 unspecified atom stereocenters. The molecule has 0 atom stereocenters. The molecular formula is C4H3AtS. The zero-order valence-corrected chi connectivity index (χ0v) is 6.77. The Balaban J connectivity index is 3.05. The van der Waals surface area contributed by atoms with E-state index in [0.717, 1.165) is 0 Å². The molecule has 0 saturated carbocycles. The molecule has 0 aliphatic carbocycles. The predicted octanol–water partition coefficient (Wildman–Crippen LogP) is 0.923. The molecule has 2 heteroatoms. The molecule has 0 radical (unpaired) electrons. The van der Waals surface area contributed by atoms with Crippen molar-refractivity contribution in [2.45, 2.75) is 0 Å². The Bertz CT molecular complexity index is 111. The molecule has 0 aliphatic heterocycles. The van der Waals surface area contributed by atoms with E-state index >= 15 is 0 Å². The molecular weight excluding hydrogens is 290 g/mol. The molecule has 0 saturated heterocycles. The van der Waals surface area contributed by atoms with Crippen LogP contribution in [0.4, 0.5) is 0 Å². The standard InChI is InChI=1S/C4H3AtS/c5-4-1-2-6-3-4/h1-3H. The van der Waals surface area contributed by atoms with E-state index in [-0.39, 0.29) is 0 Å². The van der Waals surface area contributed by atoms with Crippen molar-refractivity contribution in [3.8, 4) is 0 Å². The van der Waals surface area contributed by atoms with Crippen LogP contribution in [0.2, 0.25) is 0 Å². The van der Waals surface area contributed by atoms with Gasteiger partial charge in [-0.3, -0.25) is 0 Å². The van der Waals surface area contributed by atoms with Crippen molar-refractivity contribution in [3.63, 3.8) is 0 Å². The third-order valence-corrected chi connectivity index (χ3v) is 2.67. The Morgan fingerprint density at radius 1 is 1.67 bits per heavy atom. The molecule has 0 aromatic carbocycles. The van der Waals surface area contributed by atoms with Crippen molar-refractivity contribution < 1.29 is 24.7 Å². The molecule has 1 aromatic heterocycles. The molecule has 32 valence electrons. The zero-order valence-electron chi connectivity index (χ0n) is 3.02. The molecule has 1 heterocycles. The summed E-state index contributed by atoms with van der Waals surface area (Å²) in [5.74, 6) is 0. The fourth-order valence-electron chi connectivity index (χ4n) is 0.248. The van der Waals surface area contributed by atoms with Crippen LogP contribution in [0.3, 0.4) is 0 Å². The van der Waals surface area contributed by atoms with Crippen molar-refractivity contribution in [2.75, 3.05) is 0 Å². The monoisotopic (exact) mass is 293 g/mol. The zero-order chi connectivity index (χ0) is 4.41. The van der Waals surface area contributed by atoms with Gasteiger partial charge < -0.3 is 0 Å². The average Bonchev–Trinajstić information content (AvgIpc) is 1.86. The van der Waals surface area contributed by atoms with E-state index in [4.69, 9.17) is 0 Å². The Labute approximate surface area is 56.0 Å². The van der Waals surface area contributed by atoms with Crippen LogP contribution in [0.1, 0.15) is 0 Å². The minimum atomic E-state index is 1.42. The Morgan fingerprint density at radius 3 is 2.67 bits per heavy atom. The van der Waals surface area contributed by atoms with E-state index in [1.54, 1.807) is 36.1 Å². The third-order valence-electron chi connectivity index (χ3n) is 0.486. The fraction of sp³-hybridized carbons (Fsp3) is 0. The molecule has 0 bridgehead atoms. The van der Waals surface area contributed by atoms with Crippen LogP contribution in [0.25, 0.3) is 0 Å². The quantitative estimate of drug-likeness (QED) is 0.667. The van der Waals surface area contributed by atoms with E-state index in [1.165, 1.54) is 3.27 Å². The van der Waals surface area contributed by atoms with Gasteiger partial charge in [0.15, 0.2) is 0 Å². The SMILES string of the molecule is [At]c1ccsc1. The van der Waals surface area contributed by atoms with Crippen LogP contribution in [0, 0.1) is 24.7 Å². The van der Waals surface area contributed by atoms with Gasteiger partial charge in [-0.2, -0.15) is 0 Å². The van der Waals surface area contributed by atoms with Gasteiger partial charge in [0.05, 0.1) is 0 Å². The van der Waals surface area contributed by atoms with Gasteiger partial charge in [0.2, 0.25) is 0 Å². The molecule has 0 N–H and O–H groups in total. The Hall–Kier alpha value is 0.583. The summed E-state index contributed by atoms with van der Waals surface area (Å²) in [6.45, 7) is 0. The number of thiophene rings is 1. The predicted molar refractivity (Wildman–Crippen MR) is 24.0 cm³/mol. The fourth-order valence-corrected chi connectivity index (χ4v) is 1.94. The molecule has 6 heavy (non-hydrogen) atoms. The molecule has 1 rings (SSSR count). The summed E-state index contributed by atoms with van der Waals surface area (Å²) in [5, 5.41) is 4.24. The Morgan fingerprint density at radius 2 is 2.50 bits per heavy atom. The normalized spacial score (nSPS) is 8.83. The van der Waals surface area contributed by atoms with E-state index in [1.807, 2.05) is 0 Å². The molecule has 0 fully saturated rings. The topological polar surface area (TPSA) is 0 Å². The van der Waals surface area contributed by atoms with Gasteiger partial charge in [0.25, 0.3) is 0 Å². The number of rotatable bonds is 0. The van der Waals surface area contributed by atoms with E-state index in [9.17, 15) is 0 Å². The van der Waals surface area contributed by atoms with Crippen LogP contribution >= 0.6 is 11.3 Å². The molecule has 0 spiro atoms. The van der Waals surface area contributed by atoms with Crippen LogP contribution in [0.5, 0.6) is 0 Å². The first-order valence-corrected chi connectivity index (χ1v) is 3.98. The van der Waals surface area contributed by atoms with Crippen molar-refractivity contribution in [1.82, 2.24) is 0 Å². The summed E-state index contributed by atoms with van der Waals surface area (Å²) >= 11 is 3.49. The van der Waals surface area contributed by atoms with Crippen molar-refractivity contribution in [3.05, 3.63) is 16.8 Å². The summed E-state index contributed by atoms with van der Waals surface area (Å²) in [6.07, 6.45) is 0. The van der Waals surface area contributed by atoms with Crippen LogP contribution < -0.4 is 3.27 Å². The molecule has 0 amide bonds. The summed E-state index contributed by atoms with van der Waals surface area (Å²) in [5.41, 5.74) is 0. The molecule has 0 nitrogen and oxygen atoms in total. The van der Waals surface area contributed by atoms with Crippen molar-refractivity contribution in [2.24, 2.45) is 0 Å². The second kappa shape index (κ2) is 2.04. The van der Waals surface area contributed by atoms with Crippen LogP contribution in [-0.2, 0) is 0 Å². The van der Waals surface area contributed by atoms with Crippen LogP contribution in [0.15, 0.2) is 16.8 Å². The average molecular weight is 293 g/mol. The first-order chi connectivity index (χ1) is 2.89. The molecule has 0 aliphatic rings. The minimum absolute atomic E-state index is 1.42. The molecule has 1 aromatic rings. The van der Waals surface area contributed by atoms with E-state index < -0.39 is 0 Å². The maximum atomic E-state index is 2.15. The van der Waals surface area contributed by atoms with Gasteiger partial charge in [-0.15, -0.1) is 0 Å². The summed E-state index contributed by atoms with van der Waals surface area (Å²) in [7, 11) is 0.